The first-order valence-electron chi connectivity index (χ1n) is 9.97. The van der Waals surface area contributed by atoms with Gasteiger partial charge in [0.2, 0.25) is 5.91 Å². The van der Waals surface area contributed by atoms with E-state index in [0.29, 0.717) is 11.4 Å². The minimum atomic E-state index is -0.594. The number of carbonyl (C=O) groups excluding carboxylic acids is 3. The van der Waals surface area contributed by atoms with Crippen molar-refractivity contribution < 1.29 is 28.8 Å². The first-order valence-corrected chi connectivity index (χ1v) is 9.97. The fourth-order valence-corrected chi connectivity index (χ4v) is 3.51. The van der Waals surface area contributed by atoms with Crippen LogP contribution in [0.15, 0.2) is 36.4 Å². The number of esters is 1. The zero-order valence-electron chi connectivity index (χ0n) is 18.0. The van der Waals surface area contributed by atoms with Gasteiger partial charge in [-0.05, 0) is 37.6 Å². The van der Waals surface area contributed by atoms with E-state index in [9.17, 15) is 24.5 Å². The van der Waals surface area contributed by atoms with E-state index in [1.54, 1.807) is 25.1 Å². The lowest BCUT2D eigenvalue weighted by atomic mass is 10.1. The van der Waals surface area contributed by atoms with Crippen molar-refractivity contribution in [1.82, 2.24) is 0 Å². The number of hydrogen-bond donors (Lipinski definition) is 0. The largest absolute Gasteiger partial charge is 0.490 e. The topological polar surface area (TPSA) is 119 Å². The first-order chi connectivity index (χ1) is 15.3. The summed E-state index contributed by atoms with van der Waals surface area (Å²) >= 11 is 0. The molecular formula is C22H23N3O7. The van der Waals surface area contributed by atoms with Crippen LogP contribution in [0.4, 0.5) is 17.1 Å². The van der Waals surface area contributed by atoms with Gasteiger partial charge in [0.1, 0.15) is 6.54 Å². The Balaban J connectivity index is 2.03. The number of ether oxygens (including phenoxy) is 2. The monoisotopic (exact) mass is 441 g/mol. The number of amides is 2. The molecule has 2 aromatic carbocycles. The molecule has 0 fully saturated rings. The maximum atomic E-state index is 13.4. The van der Waals surface area contributed by atoms with E-state index < -0.39 is 16.8 Å². The number of hydrogen-bond acceptors (Lipinski definition) is 7. The van der Waals surface area contributed by atoms with Crippen LogP contribution in [0.2, 0.25) is 0 Å². The summed E-state index contributed by atoms with van der Waals surface area (Å²) in [6.45, 7) is 3.52. The summed E-state index contributed by atoms with van der Waals surface area (Å²) in [6, 6.07) is 9.10. The number of rotatable bonds is 6. The van der Waals surface area contributed by atoms with E-state index in [0.717, 1.165) is 5.56 Å². The highest BCUT2D eigenvalue weighted by Gasteiger charge is 2.32. The fourth-order valence-electron chi connectivity index (χ4n) is 3.51. The first kappa shape index (κ1) is 22.7. The fraction of sp³-hybridized carbons (Fsp3) is 0.318. The predicted molar refractivity (Wildman–Crippen MR) is 116 cm³/mol. The summed E-state index contributed by atoms with van der Waals surface area (Å²) in [4.78, 5) is 51.6. The SMILES string of the molecule is CCOC(=O)CN1C(=O)CCN(C(=O)c2ccc([N+](=O)[O-])c(OC)c2)c2ccc(C)cc21. The number of fused-ring (bicyclic) bond motifs is 1. The highest BCUT2D eigenvalue weighted by molar-refractivity contribution is 6.12. The molecule has 10 nitrogen and oxygen atoms in total. The quantitative estimate of drug-likeness (QED) is 0.384. The molecule has 0 N–H and O–H groups in total. The lowest BCUT2D eigenvalue weighted by molar-refractivity contribution is -0.385. The van der Waals surface area contributed by atoms with Crippen LogP contribution in [0.3, 0.4) is 0 Å². The third-order valence-corrected chi connectivity index (χ3v) is 5.02. The molecule has 2 amide bonds. The van der Waals surface area contributed by atoms with Crippen molar-refractivity contribution in [3.63, 3.8) is 0 Å². The van der Waals surface area contributed by atoms with Crippen molar-refractivity contribution in [2.75, 3.05) is 36.6 Å². The van der Waals surface area contributed by atoms with Gasteiger partial charge < -0.3 is 14.4 Å². The molecule has 0 saturated heterocycles. The Kier molecular flexibility index (Phi) is 6.72. The molecule has 0 bridgehead atoms. The van der Waals surface area contributed by atoms with Gasteiger partial charge >= 0.3 is 11.7 Å². The lowest BCUT2D eigenvalue weighted by Crippen LogP contribution is -2.36. The van der Waals surface area contributed by atoms with Crippen LogP contribution in [0.5, 0.6) is 5.75 Å². The van der Waals surface area contributed by atoms with Crippen molar-refractivity contribution >= 4 is 34.8 Å². The Morgan fingerprint density at radius 3 is 2.56 bits per heavy atom. The molecule has 0 spiro atoms. The molecule has 3 rings (SSSR count). The van der Waals surface area contributed by atoms with Gasteiger partial charge in [0, 0.05) is 30.7 Å². The summed E-state index contributed by atoms with van der Waals surface area (Å²) in [5.74, 6) is -1.36. The Hall–Kier alpha value is -3.95. The Morgan fingerprint density at radius 2 is 1.91 bits per heavy atom. The molecular weight excluding hydrogens is 418 g/mol. The summed E-state index contributed by atoms with van der Waals surface area (Å²) < 4.78 is 10.1. The highest BCUT2D eigenvalue weighted by Crippen LogP contribution is 2.36. The molecule has 0 aliphatic carbocycles. The summed E-state index contributed by atoms with van der Waals surface area (Å²) in [5, 5.41) is 11.2. The van der Waals surface area contributed by atoms with Crippen molar-refractivity contribution in [1.29, 1.82) is 0 Å². The molecule has 0 saturated carbocycles. The van der Waals surface area contributed by atoms with Crippen LogP contribution in [0, 0.1) is 17.0 Å². The zero-order chi connectivity index (χ0) is 23.4. The van der Waals surface area contributed by atoms with Gasteiger partial charge in [-0.25, -0.2) is 0 Å². The van der Waals surface area contributed by atoms with E-state index >= 15 is 0 Å². The standard InChI is InChI=1S/C22H23N3O7/c1-4-32-21(27)13-24-18-11-14(2)5-7-16(18)23(10-9-20(24)26)22(28)15-6-8-17(25(29)30)19(12-15)31-3/h5-8,11-12H,4,9-10,13H2,1-3H3. The van der Waals surface area contributed by atoms with Crippen LogP contribution in [0.1, 0.15) is 29.3 Å². The van der Waals surface area contributed by atoms with E-state index in [1.165, 1.54) is 35.1 Å². The number of nitro benzene ring substituents is 1. The summed E-state index contributed by atoms with van der Waals surface area (Å²) in [6.07, 6.45) is -0.0109. The average Bonchev–Trinajstić information content (AvgIpc) is 2.89. The molecule has 0 atom stereocenters. The number of anilines is 2. The van der Waals surface area contributed by atoms with Gasteiger partial charge in [0.25, 0.3) is 5.91 Å². The van der Waals surface area contributed by atoms with Gasteiger partial charge in [-0.2, -0.15) is 0 Å². The molecule has 10 heteroatoms. The maximum Gasteiger partial charge on any atom is 0.326 e. The molecule has 0 aromatic heterocycles. The zero-order valence-corrected chi connectivity index (χ0v) is 18.0. The average molecular weight is 441 g/mol. The minimum Gasteiger partial charge on any atom is -0.490 e. The molecule has 1 heterocycles. The van der Waals surface area contributed by atoms with Crippen molar-refractivity contribution in [2.24, 2.45) is 0 Å². The van der Waals surface area contributed by atoms with Gasteiger partial charge in [-0.1, -0.05) is 6.07 Å². The molecule has 0 radical (unpaired) electrons. The second-order valence-corrected chi connectivity index (χ2v) is 7.13. The smallest absolute Gasteiger partial charge is 0.326 e. The number of benzene rings is 2. The van der Waals surface area contributed by atoms with Gasteiger partial charge in [0.15, 0.2) is 5.75 Å². The number of aryl methyl sites for hydroxylation is 1. The van der Waals surface area contributed by atoms with Gasteiger partial charge in [-0.3, -0.25) is 29.4 Å². The lowest BCUT2D eigenvalue weighted by Gasteiger charge is -2.25. The minimum absolute atomic E-state index is 0.0109. The molecule has 1 aliphatic heterocycles. The molecule has 168 valence electrons. The van der Waals surface area contributed by atoms with E-state index in [4.69, 9.17) is 9.47 Å². The van der Waals surface area contributed by atoms with Crippen molar-refractivity contribution in [3.8, 4) is 5.75 Å². The van der Waals surface area contributed by atoms with Crippen LogP contribution < -0.4 is 14.5 Å². The summed E-state index contributed by atoms with van der Waals surface area (Å²) in [5.41, 5.74) is 1.63. The predicted octanol–water partition coefficient (Wildman–Crippen LogP) is 2.86. The molecule has 2 aromatic rings. The molecule has 0 unspecified atom stereocenters. The van der Waals surface area contributed by atoms with E-state index in [1.807, 2.05) is 6.92 Å². The van der Waals surface area contributed by atoms with Crippen molar-refractivity contribution in [3.05, 3.63) is 57.6 Å². The number of methoxy groups -OCH3 is 1. The normalized spacial score (nSPS) is 13.3. The van der Waals surface area contributed by atoms with Gasteiger partial charge in [0.05, 0.1) is 30.0 Å². The number of carbonyl (C=O) groups is 3. The van der Waals surface area contributed by atoms with Crippen molar-refractivity contribution in [2.45, 2.75) is 20.3 Å². The Labute approximate surface area is 184 Å². The highest BCUT2D eigenvalue weighted by atomic mass is 16.6. The maximum absolute atomic E-state index is 13.4. The Morgan fingerprint density at radius 1 is 1.16 bits per heavy atom. The molecule has 32 heavy (non-hydrogen) atoms. The van der Waals surface area contributed by atoms with Crippen LogP contribution in [0.25, 0.3) is 0 Å². The van der Waals surface area contributed by atoms with E-state index in [2.05, 4.69) is 0 Å². The number of nitro groups is 1. The third kappa shape index (κ3) is 4.53. The third-order valence-electron chi connectivity index (χ3n) is 5.02. The Bertz CT molecular complexity index is 1080. The van der Waals surface area contributed by atoms with Crippen LogP contribution in [-0.2, 0) is 14.3 Å². The van der Waals surface area contributed by atoms with Gasteiger partial charge in [-0.15, -0.1) is 0 Å². The van der Waals surface area contributed by atoms with Crippen LogP contribution >= 0.6 is 0 Å². The van der Waals surface area contributed by atoms with E-state index in [-0.39, 0.29) is 49.0 Å². The molecule has 1 aliphatic rings. The summed E-state index contributed by atoms with van der Waals surface area (Å²) in [7, 11) is 1.28. The second-order valence-electron chi connectivity index (χ2n) is 7.13. The second kappa shape index (κ2) is 9.46. The number of nitrogens with zero attached hydrogens (tertiary/aromatic N) is 3. The van der Waals surface area contributed by atoms with Crippen LogP contribution in [-0.4, -0.2) is 49.5 Å².